The Balaban J connectivity index is 0.000000190. The van der Waals surface area contributed by atoms with Crippen molar-refractivity contribution in [1.29, 1.82) is 0 Å². The van der Waals surface area contributed by atoms with E-state index in [1.54, 1.807) is 0 Å². The predicted octanol–water partition coefficient (Wildman–Crippen LogP) is 15.2. The number of amides is 1. The molecule has 0 aliphatic rings. The molecule has 0 atom stereocenters. The van der Waals surface area contributed by atoms with Gasteiger partial charge in [-0.1, -0.05) is 270 Å². The van der Waals surface area contributed by atoms with E-state index in [4.69, 9.17) is 5.21 Å². The molecule has 0 saturated carbocycles. The Morgan fingerprint density at radius 3 is 1.58 bits per heavy atom. The van der Waals surface area contributed by atoms with Crippen molar-refractivity contribution >= 4 is 27.5 Å². The summed E-state index contributed by atoms with van der Waals surface area (Å²) in [6.07, 6.45) is 3.37. The molecule has 2 heterocycles. The quantitative estimate of drug-likeness (QED) is 0.0438. The summed E-state index contributed by atoms with van der Waals surface area (Å²) < 4.78 is 1.98. The first kappa shape index (κ1) is 54.6. The number of nitrogens with one attached hydrogen (secondary N) is 2. The Labute approximate surface area is 467 Å². The van der Waals surface area contributed by atoms with E-state index in [1.807, 2.05) is 47.1 Å². The Kier molecular flexibility index (Phi) is 18.4. The van der Waals surface area contributed by atoms with E-state index in [-0.39, 0.29) is 5.91 Å². The van der Waals surface area contributed by atoms with E-state index < -0.39 is 5.54 Å². The van der Waals surface area contributed by atoms with Gasteiger partial charge < -0.3 is 5.32 Å². The van der Waals surface area contributed by atoms with Crippen LogP contribution in [0.25, 0.3) is 45.0 Å². The van der Waals surface area contributed by atoms with Gasteiger partial charge in [-0.05, 0) is 107 Å². The molecule has 10 aromatic rings. The Bertz CT molecular complexity index is 3330. The van der Waals surface area contributed by atoms with Crippen LogP contribution in [0.5, 0.6) is 0 Å². The molecule has 0 fully saturated rings. The van der Waals surface area contributed by atoms with Gasteiger partial charge in [-0.2, -0.15) is 0 Å². The average molecular weight is 1100 g/mol. The number of anilines is 1. The SMILES string of the molecule is BrCc1ccc(-c2ccccc2-c2nnnn2C(c2ccccc2)(c2ccccc2)c2ccccc2)cc1.CCCCCN(CC(=O)Nc1c(C(C)C)cccc1C(C)C)Cc1ccc(-c2ccccc2-c2nnn[nH]2)cc1. The third kappa shape index (κ3) is 12.5. The molecule has 0 aliphatic heterocycles. The summed E-state index contributed by atoms with van der Waals surface area (Å²) in [5.74, 6) is 2.05. The molecule has 10 rings (SSSR count). The molecular weight excluding hydrogens is 1030 g/mol. The maximum atomic E-state index is 13.4. The molecule has 78 heavy (non-hydrogen) atoms. The van der Waals surface area contributed by atoms with Crippen molar-refractivity contribution in [2.75, 3.05) is 18.4 Å². The molecule has 0 spiro atoms. The number of benzene rings is 8. The Morgan fingerprint density at radius 1 is 0.577 bits per heavy atom. The van der Waals surface area contributed by atoms with Crippen molar-refractivity contribution in [3.05, 3.63) is 245 Å². The minimum Gasteiger partial charge on any atom is -0.324 e. The second-order valence-corrected chi connectivity index (χ2v) is 20.7. The van der Waals surface area contributed by atoms with Crippen molar-refractivity contribution < 1.29 is 4.79 Å². The lowest BCUT2D eigenvalue weighted by Gasteiger charge is -2.36. The van der Waals surface area contributed by atoms with Crippen LogP contribution < -0.4 is 5.32 Å². The van der Waals surface area contributed by atoms with E-state index in [9.17, 15) is 4.79 Å². The molecule has 394 valence electrons. The zero-order valence-corrected chi connectivity index (χ0v) is 46.7. The van der Waals surface area contributed by atoms with Crippen LogP contribution in [0.2, 0.25) is 0 Å². The normalized spacial score (nSPS) is 11.4. The first-order valence-electron chi connectivity index (χ1n) is 27.0. The smallest absolute Gasteiger partial charge is 0.238 e. The molecule has 0 bridgehead atoms. The van der Waals surface area contributed by atoms with E-state index in [1.165, 1.54) is 22.3 Å². The van der Waals surface area contributed by atoms with Crippen LogP contribution in [0.4, 0.5) is 5.69 Å². The summed E-state index contributed by atoms with van der Waals surface area (Å²) in [6, 6.07) is 71.4. The first-order valence-corrected chi connectivity index (χ1v) is 28.1. The van der Waals surface area contributed by atoms with Crippen LogP contribution in [0.1, 0.15) is 105 Å². The van der Waals surface area contributed by atoms with Gasteiger partial charge in [0.25, 0.3) is 0 Å². The minimum atomic E-state index is -0.796. The first-order chi connectivity index (χ1) is 38.2. The molecule has 0 saturated heterocycles. The van der Waals surface area contributed by atoms with E-state index >= 15 is 0 Å². The van der Waals surface area contributed by atoms with Gasteiger partial charge in [0.2, 0.25) is 5.91 Å². The van der Waals surface area contributed by atoms with Gasteiger partial charge >= 0.3 is 0 Å². The topological polar surface area (TPSA) is 130 Å². The number of unbranched alkanes of at least 4 members (excludes halogenated alkanes) is 2. The fraction of sp³-hybridized carbons (Fsp3) is 0.227. The van der Waals surface area contributed by atoms with Gasteiger partial charge in [0.05, 0.1) is 6.54 Å². The highest BCUT2D eigenvalue weighted by Crippen LogP contribution is 2.43. The number of hydrogen-bond donors (Lipinski definition) is 2. The van der Waals surface area contributed by atoms with Gasteiger partial charge in [-0.3, -0.25) is 9.69 Å². The van der Waals surface area contributed by atoms with Gasteiger partial charge in [-0.25, -0.2) is 9.78 Å². The van der Waals surface area contributed by atoms with E-state index in [0.29, 0.717) is 36.6 Å². The Morgan fingerprint density at radius 2 is 1.08 bits per heavy atom. The molecule has 11 nitrogen and oxygen atoms in total. The summed E-state index contributed by atoms with van der Waals surface area (Å²) in [6.45, 7) is 12.9. The molecule has 8 aromatic carbocycles. The number of H-pyrrole nitrogens is 1. The standard InChI is InChI=1S/C33H25BrN4.C33H42N6O/c34-24-25-20-22-26(23-21-25)30-18-10-11-19-31(30)32-35-36-37-38(32)33(27-12-4-1-5-13-27,28-14-6-2-7-15-28)29-16-8-3-9-17-29;1-6-7-10-20-39(22-31(40)34-32-27(23(2)3)14-11-15-28(32)24(4)5)21-25-16-18-26(19-17-25)29-12-8-9-13-30(29)33-35-37-38-36-33/h1-23H,24H2;8-9,11-19,23-24H,6-7,10,20-22H2,1-5H3,(H,34,40)(H,35,36,37,38). The maximum absolute atomic E-state index is 13.4. The monoisotopic (exact) mass is 1090 g/mol. The second kappa shape index (κ2) is 26.2. The molecule has 1 amide bonds. The van der Waals surface area contributed by atoms with E-state index in [0.717, 1.165) is 86.9 Å². The number of carbonyl (C=O) groups is 1. The third-order valence-electron chi connectivity index (χ3n) is 14.2. The number of para-hydroxylation sites is 1. The molecule has 2 N–H and O–H groups in total. The van der Waals surface area contributed by atoms with Crippen LogP contribution in [-0.2, 0) is 22.2 Å². The molecule has 2 aromatic heterocycles. The second-order valence-electron chi connectivity index (χ2n) is 20.2. The number of tetrazole rings is 2. The molecule has 0 aliphatic carbocycles. The predicted molar refractivity (Wildman–Crippen MR) is 319 cm³/mol. The zero-order valence-electron chi connectivity index (χ0n) is 45.1. The van der Waals surface area contributed by atoms with E-state index in [2.05, 4.69) is 255 Å². The summed E-state index contributed by atoms with van der Waals surface area (Å²) in [5.41, 5.74) is 14.5. The van der Waals surface area contributed by atoms with Crippen LogP contribution in [-0.4, -0.2) is 64.7 Å². The highest BCUT2D eigenvalue weighted by Gasteiger charge is 2.42. The fourth-order valence-corrected chi connectivity index (χ4v) is 10.7. The van der Waals surface area contributed by atoms with Crippen LogP contribution in [0.15, 0.2) is 206 Å². The number of alkyl halides is 1. The van der Waals surface area contributed by atoms with Gasteiger partial charge in [0, 0.05) is 28.7 Å². The summed E-state index contributed by atoms with van der Waals surface area (Å²) in [5, 5.41) is 32.1. The number of carbonyl (C=O) groups excluding carboxylic acids is 1. The minimum absolute atomic E-state index is 0.0395. The lowest BCUT2D eigenvalue weighted by molar-refractivity contribution is -0.117. The van der Waals surface area contributed by atoms with Crippen LogP contribution >= 0.6 is 15.9 Å². The Hall–Kier alpha value is -8.19. The van der Waals surface area contributed by atoms with Crippen LogP contribution in [0, 0.1) is 0 Å². The highest BCUT2D eigenvalue weighted by atomic mass is 79.9. The highest BCUT2D eigenvalue weighted by molar-refractivity contribution is 9.08. The maximum Gasteiger partial charge on any atom is 0.238 e. The number of halogens is 1. The zero-order chi connectivity index (χ0) is 54.3. The third-order valence-corrected chi connectivity index (χ3v) is 14.9. The molecule has 12 heteroatoms. The van der Waals surface area contributed by atoms with Crippen molar-refractivity contribution in [3.63, 3.8) is 0 Å². The largest absolute Gasteiger partial charge is 0.324 e. The van der Waals surface area contributed by atoms with Gasteiger partial charge in [0.15, 0.2) is 11.6 Å². The molecule has 0 unspecified atom stereocenters. The summed E-state index contributed by atoms with van der Waals surface area (Å²) in [4.78, 5) is 15.7. The van der Waals surface area contributed by atoms with Gasteiger partial charge in [0.1, 0.15) is 5.54 Å². The number of aromatic nitrogens is 8. The fourth-order valence-electron chi connectivity index (χ4n) is 10.3. The van der Waals surface area contributed by atoms with Crippen molar-refractivity contribution in [3.8, 4) is 45.0 Å². The average Bonchev–Trinajstić information content (AvgIpc) is 4.23. The number of hydrogen-bond acceptors (Lipinski definition) is 8. The number of aromatic amines is 1. The van der Waals surface area contributed by atoms with Gasteiger partial charge in [-0.15, -0.1) is 10.2 Å². The number of nitrogens with zero attached hydrogens (tertiary/aromatic N) is 8. The van der Waals surface area contributed by atoms with Crippen molar-refractivity contribution in [2.24, 2.45) is 0 Å². The summed E-state index contributed by atoms with van der Waals surface area (Å²) >= 11 is 3.55. The van der Waals surface area contributed by atoms with Crippen molar-refractivity contribution in [1.82, 2.24) is 45.7 Å². The van der Waals surface area contributed by atoms with Crippen LogP contribution in [0.3, 0.4) is 0 Å². The molecular formula is C66H67BrN10O. The van der Waals surface area contributed by atoms with Crippen molar-refractivity contribution in [2.45, 2.75) is 83.1 Å². The summed E-state index contributed by atoms with van der Waals surface area (Å²) in [7, 11) is 0. The number of rotatable bonds is 20. The molecule has 0 radical (unpaired) electrons. The lowest BCUT2D eigenvalue weighted by atomic mass is 9.77. The lowest BCUT2D eigenvalue weighted by Crippen LogP contribution is -2.39.